The van der Waals surface area contributed by atoms with Gasteiger partial charge in [0.05, 0.1) is 12.2 Å². The average Bonchev–Trinajstić information content (AvgIpc) is 3.04. The Morgan fingerprint density at radius 3 is 1.94 bits per heavy atom. The molecule has 0 radical (unpaired) electrons. The van der Waals surface area contributed by atoms with Gasteiger partial charge in [0.2, 0.25) is 0 Å². The first-order valence-corrected chi connectivity index (χ1v) is 6.73. The van der Waals surface area contributed by atoms with Crippen LogP contribution in [0.4, 0.5) is 0 Å². The molecule has 0 aliphatic carbocycles. The molecular weight excluding hydrogens is 212 g/mol. The first-order valence-electron chi connectivity index (χ1n) is 6.73. The summed E-state index contributed by atoms with van der Waals surface area (Å²) in [6.07, 6.45) is 5.47. The van der Waals surface area contributed by atoms with E-state index in [9.17, 15) is 0 Å². The Labute approximate surface area is 103 Å². The van der Waals surface area contributed by atoms with E-state index in [0.717, 1.165) is 13.2 Å². The molecule has 1 aromatic carbocycles. The van der Waals surface area contributed by atoms with E-state index in [-0.39, 0.29) is 0 Å². The van der Waals surface area contributed by atoms with E-state index in [1.807, 2.05) is 0 Å². The Morgan fingerprint density at radius 1 is 0.882 bits per heavy atom. The molecule has 1 aromatic rings. The predicted octanol–water partition coefficient (Wildman–Crippen LogP) is 3.13. The molecule has 2 unspecified atom stereocenters. The normalized spacial score (nSPS) is 30.6. The van der Waals surface area contributed by atoms with Crippen molar-refractivity contribution in [2.75, 3.05) is 13.2 Å². The number of ether oxygens (including phenoxy) is 2. The van der Waals surface area contributed by atoms with Crippen molar-refractivity contribution in [3.63, 3.8) is 0 Å². The highest BCUT2D eigenvalue weighted by atomic mass is 16.5. The third kappa shape index (κ3) is 2.38. The zero-order chi connectivity index (χ0) is 11.5. The first kappa shape index (κ1) is 11.2. The van der Waals surface area contributed by atoms with Gasteiger partial charge in [-0.1, -0.05) is 30.3 Å². The van der Waals surface area contributed by atoms with E-state index in [1.165, 1.54) is 31.2 Å². The monoisotopic (exact) mass is 232 g/mol. The van der Waals surface area contributed by atoms with Crippen LogP contribution in [0.5, 0.6) is 0 Å². The van der Waals surface area contributed by atoms with E-state index in [2.05, 4.69) is 30.3 Å². The molecule has 3 rings (SSSR count). The van der Waals surface area contributed by atoms with Gasteiger partial charge in [0, 0.05) is 19.1 Å². The highest BCUT2D eigenvalue weighted by molar-refractivity contribution is 5.23. The van der Waals surface area contributed by atoms with Crippen molar-refractivity contribution in [2.24, 2.45) is 0 Å². The minimum Gasteiger partial charge on any atom is -0.377 e. The fourth-order valence-electron chi connectivity index (χ4n) is 3.12. The number of benzene rings is 1. The molecule has 0 aromatic heterocycles. The van der Waals surface area contributed by atoms with Crippen molar-refractivity contribution in [1.82, 2.24) is 0 Å². The Bertz CT molecular complexity index is 321. The zero-order valence-electron chi connectivity index (χ0n) is 10.2. The topological polar surface area (TPSA) is 18.5 Å². The second-order valence-electron chi connectivity index (χ2n) is 5.04. The molecule has 0 amide bonds. The van der Waals surface area contributed by atoms with E-state index in [1.54, 1.807) is 0 Å². The molecule has 2 heteroatoms. The van der Waals surface area contributed by atoms with Gasteiger partial charge in [-0.2, -0.15) is 0 Å². The van der Waals surface area contributed by atoms with Crippen LogP contribution in [0.15, 0.2) is 30.3 Å². The van der Waals surface area contributed by atoms with Crippen LogP contribution in [-0.2, 0) is 9.47 Å². The number of hydrogen-bond donors (Lipinski definition) is 0. The summed E-state index contributed by atoms with van der Waals surface area (Å²) in [5.41, 5.74) is 1.38. The second kappa shape index (κ2) is 5.19. The minimum atomic E-state index is 0.362. The van der Waals surface area contributed by atoms with Gasteiger partial charge in [0.15, 0.2) is 0 Å². The van der Waals surface area contributed by atoms with E-state index < -0.39 is 0 Å². The third-order valence-corrected chi connectivity index (χ3v) is 3.92. The lowest BCUT2D eigenvalue weighted by atomic mass is 9.86. The summed E-state index contributed by atoms with van der Waals surface area (Å²) in [5, 5.41) is 0. The van der Waals surface area contributed by atoms with Gasteiger partial charge in [0.1, 0.15) is 0 Å². The van der Waals surface area contributed by atoms with Crippen molar-refractivity contribution in [3.05, 3.63) is 35.9 Å². The summed E-state index contributed by atoms with van der Waals surface area (Å²) in [6.45, 7) is 1.83. The molecule has 2 aliphatic rings. The van der Waals surface area contributed by atoms with Crippen molar-refractivity contribution in [3.8, 4) is 0 Å². The maximum absolute atomic E-state index is 5.90. The molecule has 92 valence electrons. The third-order valence-electron chi connectivity index (χ3n) is 3.92. The van der Waals surface area contributed by atoms with Crippen molar-refractivity contribution < 1.29 is 9.47 Å². The summed E-state index contributed by atoms with van der Waals surface area (Å²) >= 11 is 0. The summed E-state index contributed by atoms with van der Waals surface area (Å²) in [4.78, 5) is 0. The Morgan fingerprint density at radius 2 is 1.47 bits per heavy atom. The van der Waals surface area contributed by atoms with Crippen LogP contribution in [0.25, 0.3) is 0 Å². The maximum atomic E-state index is 5.90. The van der Waals surface area contributed by atoms with E-state index in [4.69, 9.17) is 9.47 Å². The van der Waals surface area contributed by atoms with Gasteiger partial charge in [-0.3, -0.25) is 0 Å². The summed E-state index contributed by atoms with van der Waals surface area (Å²) < 4.78 is 11.8. The summed E-state index contributed by atoms with van der Waals surface area (Å²) in [6, 6.07) is 10.7. The van der Waals surface area contributed by atoms with Crippen LogP contribution in [0.2, 0.25) is 0 Å². The average molecular weight is 232 g/mol. The van der Waals surface area contributed by atoms with Gasteiger partial charge in [-0.25, -0.2) is 0 Å². The molecule has 2 atom stereocenters. The van der Waals surface area contributed by atoms with Gasteiger partial charge in [0.25, 0.3) is 0 Å². The Hall–Kier alpha value is -0.860. The largest absolute Gasteiger partial charge is 0.377 e. The molecule has 2 aliphatic heterocycles. The lowest BCUT2D eigenvalue weighted by Gasteiger charge is -2.28. The van der Waals surface area contributed by atoms with Crippen LogP contribution in [0, 0.1) is 0 Å². The molecule has 2 fully saturated rings. The van der Waals surface area contributed by atoms with Crippen LogP contribution in [-0.4, -0.2) is 25.4 Å². The van der Waals surface area contributed by atoms with Gasteiger partial charge in [-0.15, -0.1) is 0 Å². The lowest BCUT2D eigenvalue weighted by molar-refractivity contribution is 0.0145. The van der Waals surface area contributed by atoms with E-state index in [0.29, 0.717) is 18.1 Å². The molecule has 0 saturated carbocycles. The van der Waals surface area contributed by atoms with Crippen molar-refractivity contribution >= 4 is 0 Å². The molecule has 0 spiro atoms. The van der Waals surface area contributed by atoms with Crippen molar-refractivity contribution in [2.45, 2.75) is 43.8 Å². The van der Waals surface area contributed by atoms with E-state index >= 15 is 0 Å². The Kier molecular flexibility index (Phi) is 3.44. The van der Waals surface area contributed by atoms with Crippen LogP contribution in [0.3, 0.4) is 0 Å². The number of rotatable bonds is 3. The summed E-state index contributed by atoms with van der Waals surface area (Å²) in [5.74, 6) is 0.432. The van der Waals surface area contributed by atoms with Crippen LogP contribution >= 0.6 is 0 Å². The number of hydrogen-bond acceptors (Lipinski definition) is 2. The standard InChI is InChI=1S/C15H20O2/c1-2-6-12(7-3-1)15(13-8-4-10-16-13)14-9-5-11-17-14/h1-3,6-7,13-15H,4-5,8-11H2. The van der Waals surface area contributed by atoms with Crippen LogP contribution < -0.4 is 0 Å². The fraction of sp³-hybridized carbons (Fsp3) is 0.600. The molecular formula is C15H20O2. The summed E-state index contributed by atoms with van der Waals surface area (Å²) in [7, 11) is 0. The molecule has 2 nitrogen and oxygen atoms in total. The second-order valence-corrected chi connectivity index (χ2v) is 5.04. The highest BCUT2D eigenvalue weighted by Gasteiger charge is 2.35. The molecule has 0 bridgehead atoms. The van der Waals surface area contributed by atoms with Gasteiger partial charge < -0.3 is 9.47 Å². The molecule has 0 N–H and O–H groups in total. The van der Waals surface area contributed by atoms with Crippen molar-refractivity contribution in [1.29, 1.82) is 0 Å². The highest BCUT2D eigenvalue weighted by Crippen LogP contribution is 2.36. The molecule has 2 saturated heterocycles. The first-order chi connectivity index (χ1) is 8.45. The quantitative estimate of drug-likeness (QED) is 0.797. The Balaban J connectivity index is 1.84. The molecule has 17 heavy (non-hydrogen) atoms. The lowest BCUT2D eigenvalue weighted by Crippen LogP contribution is -2.29. The predicted molar refractivity (Wildman–Crippen MR) is 67.1 cm³/mol. The zero-order valence-corrected chi connectivity index (χ0v) is 10.2. The smallest absolute Gasteiger partial charge is 0.0669 e. The van der Waals surface area contributed by atoms with Gasteiger partial charge in [-0.05, 0) is 31.2 Å². The SMILES string of the molecule is c1ccc(C(C2CCCO2)C2CCCO2)cc1. The fourth-order valence-corrected chi connectivity index (χ4v) is 3.12. The van der Waals surface area contributed by atoms with Crippen LogP contribution in [0.1, 0.15) is 37.2 Å². The molecule has 2 heterocycles. The van der Waals surface area contributed by atoms with Gasteiger partial charge >= 0.3 is 0 Å². The maximum Gasteiger partial charge on any atom is 0.0669 e. The minimum absolute atomic E-state index is 0.362.